The second-order valence-corrected chi connectivity index (χ2v) is 4.79. The number of hydrogen-bond acceptors (Lipinski definition) is 3. The summed E-state index contributed by atoms with van der Waals surface area (Å²) >= 11 is 5.46. The second kappa shape index (κ2) is 8.51. The van der Waals surface area contributed by atoms with Gasteiger partial charge in [0.25, 0.3) is 5.24 Å². The molecule has 0 aliphatic heterocycles. The van der Waals surface area contributed by atoms with Crippen molar-refractivity contribution in [2.45, 2.75) is 0 Å². The highest BCUT2D eigenvalue weighted by molar-refractivity contribution is 6.83. The average Bonchev–Trinajstić information content (AvgIpc) is 2.56. The van der Waals surface area contributed by atoms with E-state index in [1.54, 1.807) is 30.3 Å². The molecule has 0 atom stereocenters. The number of anilines is 1. The molecule has 0 heterocycles. The molecular formula is C17H14ClN3O2. The Hall–Kier alpha value is -2.92. The van der Waals surface area contributed by atoms with Crippen LogP contribution in [0.15, 0.2) is 71.8 Å². The van der Waals surface area contributed by atoms with Crippen LogP contribution in [0.3, 0.4) is 0 Å². The van der Waals surface area contributed by atoms with Gasteiger partial charge in [0.15, 0.2) is 0 Å². The molecule has 0 bridgehead atoms. The van der Waals surface area contributed by atoms with Crippen LogP contribution in [-0.4, -0.2) is 17.0 Å². The Morgan fingerprint density at radius 1 is 0.957 bits per heavy atom. The van der Waals surface area contributed by atoms with Crippen LogP contribution in [0.25, 0.3) is 6.08 Å². The number of carbonyl (C=O) groups is 2. The highest BCUT2D eigenvalue weighted by Gasteiger charge is 2.06. The maximum absolute atomic E-state index is 11.7. The van der Waals surface area contributed by atoms with Crippen molar-refractivity contribution in [3.63, 3.8) is 0 Å². The third-order valence-corrected chi connectivity index (χ3v) is 2.94. The van der Waals surface area contributed by atoms with Crippen molar-refractivity contribution in [3.8, 4) is 0 Å². The van der Waals surface area contributed by atoms with Crippen LogP contribution in [0.4, 0.5) is 10.5 Å². The zero-order chi connectivity index (χ0) is 16.5. The summed E-state index contributed by atoms with van der Waals surface area (Å²) in [6.45, 7) is 0. The molecule has 6 heteroatoms. The van der Waals surface area contributed by atoms with Crippen LogP contribution in [0.5, 0.6) is 0 Å². The van der Waals surface area contributed by atoms with Gasteiger partial charge >= 0.3 is 6.03 Å². The Labute approximate surface area is 138 Å². The SMILES string of the molecule is O=C(N/N=C(\C=C\c1ccccc1)C(=O)Cl)Nc1ccccc1. The highest BCUT2D eigenvalue weighted by Crippen LogP contribution is 2.04. The Bertz CT molecular complexity index is 728. The van der Waals surface area contributed by atoms with Crippen molar-refractivity contribution in [3.05, 3.63) is 72.3 Å². The highest BCUT2D eigenvalue weighted by atomic mass is 35.5. The molecule has 0 spiro atoms. The summed E-state index contributed by atoms with van der Waals surface area (Å²) in [4.78, 5) is 23.1. The molecule has 23 heavy (non-hydrogen) atoms. The van der Waals surface area contributed by atoms with E-state index >= 15 is 0 Å². The van der Waals surface area contributed by atoms with Gasteiger partial charge in [0.1, 0.15) is 5.71 Å². The summed E-state index contributed by atoms with van der Waals surface area (Å²) in [5, 5.41) is 5.53. The number of rotatable bonds is 5. The summed E-state index contributed by atoms with van der Waals surface area (Å²) in [6, 6.07) is 17.6. The van der Waals surface area contributed by atoms with Crippen molar-refractivity contribution < 1.29 is 9.59 Å². The molecular weight excluding hydrogens is 314 g/mol. The fourth-order valence-corrected chi connectivity index (χ4v) is 1.78. The molecule has 0 aromatic heterocycles. The number of benzene rings is 2. The topological polar surface area (TPSA) is 70.6 Å². The standard InChI is InChI=1S/C17H14ClN3O2/c18-16(22)15(12-11-13-7-3-1-4-8-13)20-21-17(23)19-14-9-5-2-6-10-14/h1-12H,(H2,19,21,23)/b12-11+,20-15+. The predicted octanol–water partition coefficient (Wildman–Crippen LogP) is 3.64. The molecule has 2 amide bonds. The summed E-state index contributed by atoms with van der Waals surface area (Å²) in [5.74, 6) is 0. The normalized spacial score (nSPS) is 11.3. The first-order chi connectivity index (χ1) is 11.1. The van der Waals surface area contributed by atoms with Crippen LogP contribution in [0.1, 0.15) is 5.56 Å². The van der Waals surface area contributed by atoms with Gasteiger partial charge in [-0.15, -0.1) is 0 Å². The minimum absolute atomic E-state index is 0.0706. The van der Waals surface area contributed by atoms with Crippen molar-refractivity contribution in [1.29, 1.82) is 0 Å². The second-order valence-electron chi connectivity index (χ2n) is 4.45. The monoisotopic (exact) mass is 327 g/mol. The summed E-state index contributed by atoms with van der Waals surface area (Å²) < 4.78 is 0. The lowest BCUT2D eigenvalue weighted by atomic mass is 10.2. The van der Waals surface area contributed by atoms with E-state index in [-0.39, 0.29) is 5.71 Å². The smallest absolute Gasteiger partial charge is 0.307 e. The van der Waals surface area contributed by atoms with Gasteiger partial charge in [-0.3, -0.25) is 4.79 Å². The van der Waals surface area contributed by atoms with Crippen molar-refractivity contribution >= 4 is 40.3 Å². The Morgan fingerprint density at radius 2 is 1.57 bits per heavy atom. The molecule has 2 aromatic carbocycles. The van der Waals surface area contributed by atoms with Crippen LogP contribution in [0, 0.1) is 0 Å². The van der Waals surface area contributed by atoms with E-state index < -0.39 is 11.3 Å². The largest absolute Gasteiger partial charge is 0.339 e. The molecule has 0 fully saturated rings. The van der Waals surface area contributed by atoms with Crippen molar-refractivity contribution in [2.24, 2.45) is 5.10 Å². The van der Waals surface area contributed by atoms with E-state index in [9.17, 15) is 9.59 Å². The predicted molar refractivity (Wildman–Crippen MR) is 92.4 cm³/mol. The molecule has 0 radical (unpaired) electrons. The van der Waals surface area contributed by atoms with E-state index in [2.05, 4.69) is 15.8 Å². The zero-order valence-corrected chi connectivity index (χ0v) is 12.8. The molecule has 0 aliphatic carbocycles. The number of urea groups is 1. The van der Waals surface area contributed by atoms with Gasteiger partial charge in [-0.2, -0.15) is 5.10 Å². The Morgan fingerprint density at radius 3 is 2.17 bits per heavy atom. The third-order valence-electron chi connectivity index (χ3n) is 2.74. The molecule has 2 N–H and O–H groups in total. The number of amides is 2. The molecule has 0 saturated carbocycles. The lowest BCUT2D eigenvalue weighted by Gasteiger charge is -2.03. The van der Waals surface area contributed by atoms with E-state index in [4.69, 9.17) is 11.6 Å². The summed E-state index contributed by atoms with van der Waals surface area (Å²) in [5.41, 5.74) is 3.65. The zero-order valence-electron chi connectivity index (χ0n) is 12.1. The van der Waals surface area contributed by atoms with Gasteiger partial charge in [0, 0.05) is 5.69 Å². The number of hydrazone groups is 1. The number of carbonyl (C=O) groups excluding carboxylic acids is 2. The third kappa shape index (κ3) is 5.76. The Balaban J connectivity index is 2.00. The van der Waals surface area contributed by atoms with E-state index in [1.165, 1.54) is 6.08 Å². The molecule has 0 aliphatic rings. The summed E-state index contributed by atoms with van der Waals surface area (Å²) in [7, 11) is 0. The lowest BCUT2D eigenvalue weighted by molar-refractivity contribution is -0.106. The number of nitrogens with one attached hydrogen (secondary N) is 2. The Kier molecular flexibility index (Phi) is 6.08. The molecule has 5 nitrogen and oxygen atoms in total. The van der Waals surface area contributed by atoms with Gasteiger partial charge in [-0.1, -0.05) is 54.6 Å². The quantitative estimate of drug-likeness (QED) is 0.500. The van der Waals surface area contributed by atoms with Gasteiger partial charge in [0.05, 0.1) is 0 Å². The van der Waals surface area contributed by atoms with E-state index in [0.29, 0.717) is 5.69 Å². The first kappa shape index (κ1) is 16.5. The van der Waals surface area contributed by atoms with Gasteiger partial charge < -0.3 is 5.32 Å². The van der Waals surface area contributed by atoms with Gasteiger partial charge in [0.2, 0.25) is 0 Å². The summed E-state index contributed by atoms with van der Waals surface area (Å²) in [6.07, 6.45) is 3.11. The minimum atomic E-state index is -0.766. The lowest BCUT2D eigenvalue weighted by Crippen LogP contribution is -2.26. The first-order valence-corrected chi connectivity index (χ1v) is 7.15. The molecule has 116 valence electrons. The fraction of sp³-hybridized carbons (Fsp3) is 0. The van der Waals surface area contributed by atoms with Crippen LogP contribution in [-0.2, 0) is 4.79 Å². The van der Waals surface area contributed by atoms with E-state index in [1.807, 2.05) is 36.4 Å². The average molecular weight is 328 g/mol. The van der Waals surface area contributed by atoms with Crippen molar-refractivity contribution in [2.75, 3.05) is 5.32 Å². The van der Waals surface area contributed by atoms with Crippen LogP contribution >= 0.6 is 11.6 Å². The van der Waals surface area contributed by atoms with Crippen LogP contribution < -0.4 is 10.7 Å². The number of halogens is 1. The number of allylic oxidation sites excluding steroid dienone is 1. The van der Waals surface area contributed by atoms with Crippen molar-refractivity contribution in [1.82, 2.24) is 5.43 Å². The van der Waals surface area contributed by atoms with Gasteiger partial charge in [-0.05, 0) is 35.4 Å². The maximum atomic E-state index is 11.7. The number of hydrogen-bond donors (Lipinski definition) is 2. The molecule has 0 saturated heterocycles. The number of para-hydroxylation sites is 1. The first-order valence-electron chi connectivity index (χ1n) is 6.78. The van der Waals surface area contributed by atoms with E-state index in [0.717, 1.165) is 5.56 Å². The van der Waals surface area contributed by atoms with Crippen LogP contribution in [0.2, 0.25) is 0 Å². The minimum Gasteiger partial charge on any atom is -0.307 e. The maximum Gasteiger partial charge on any atom is 0.339 e. The molecule has 2 aromatic rings. The fourth-order valence-electron chi connectivity index (χ4n) is 1.68. The molecule has 0 unspecified atom stereocenters. The molecule has 2 rings (SSSR count). The number of nitrogens with zero attached hydrogens (tertiary/aromatic N) is 1. The van der Waals surface area contributed by atoms with Gasteiger partial charge in [-0.25, -0.2) is 10.2 Å².